The van der Waals surface area contributed by atoms with Crippen LogP contribution in [0.5, 0.6) is 0 Å². The van der Waals surface area contributed by atoms with E-state index in [4.69, 9.17) is 0 Å². The highest BCUT2D eigenvalue weighted by atomic mass is 32.2. The molecular formula is C30H27N3OS. The van der Waals surface area contributed by atoms with Gasteiger partial charge in [0.1, 0.15) is 0 Å². The van der Waals surface area contributed by atoms with Crippen LogP contribution in [0.3, 0.4) is 0 Å². The van der Waals surface area contributed by atoms with Crippen molar-refractivity contribution in [3.8, 4) is 11.4 Å². The van der Waals surface area contributed by atoms with Crippen LogP contribution in [-0.2, 0) is 11.2 Å². The number of amides is 1. The Kier molecular flexibility index (Phi) is 6.96. The highest BCUT2D eigenvalue weighted by Gasteiger charge is 2.15. The minimum Gasteiger partial charge on any atom is -0.353 e. The molecule has 0 saturated carbocycles. The van der Waals surface area contributed by atoms with Crippen LogP contribution < -0.4 is 5.32 Å². The van der Waals surface area contributed by atoms with Crippen molar-refractivity contribution in [1.82, 2.24) is 9.97 Å². The van der Waals surface area contributed by atoms with Crippen molar-refractivity contribution in [2.24, 2.45) is 0 Å². The summed E-state index contributed by atoms with van der Waals surface area (Å²) < 4.78 is 0. The standard InChI is InChI=1S/C30H27N3OS/c1-21-17-18-25-24(20-21)23(30(33-25)27-14-7-8-19-31-27)12-9-16-29(34)32-26-13-5-6-15-28(26)35-22-10-3-2-4-11-22/h2-8,10-11,13-15,17-20,33H,9,12,16H2,1H3,(H,32,34). The van der Waals surface area contributed by atoms with Crippen molar-refractivity contribution in [3.05, 3.63) is 108 Å². The highest BCUT2D eigenvalue weighted by molar-refractivity contribution is 7.99. The number of aryl methyl sites for hydroxylation is 2. The number of benzene rings is 3. The topological polar surface area (TPSA) is 57.8 Å². The second-order valence-corrected chi connectivity index (χ2v) is 9.67. The van der Waals surface area contributed by atoms with Gasteiger partial charge in [0.15, 0.2) is 0 Å². The van der Waals surface area contributed by atoms with Gasteiger partial charge in [0.2, 0.25) is 5.91 Å². The lowest BCUT2D eigenvalue weighted by Crippen LogP contribution is -2.12. The first kappa shape index (κ1) is 22.9. The summed E-state index contributed by atoms with van der Waals surface area (Å²) in [4.78, 5) is 23.2. The molecule has 0 aliphatic rings. The van der Waals surface area contributed by atoms with E-state index >= 15 is 0 Å². The van der Waals surface area contributed by atoms with E-state index in [1.807, 2.05) is 66.9 Å². The molecule has 5 rings (SSSR count). The fourth-order valence-electron chi connectivity index (χ4n) is 4.26. The SMILES string of the molecule is Cc1ccc2[nH]c(-c3ccccn3)c(CCCC(=O)Nc3ccccc3Sc3ccccc3)c2c1. The van der Waals surface area contributed by atoms with Crippen LogP contribution >= 0.6 is 11.8 Å². The molecule has 0 saturated heterocycles. The van der Waals surface area contributed by atoms with Gasteiger partial charge in [-0.3, -0.25) is 9.78 Å². The summed E-state index contributed by atoms with van der Waals surface area (Å²) in [5, 5.41) is 4.33. The van der Waals surface area contributed by atoms with E-state index in [-0.39, 0.29) is 5.91 Å². The molecule has 0 aliphatic heterocycles. The van der Waals surface area contributed by atoms with E-state index in [0.717, 1.165) is 45.2 Å². The Hall–Kier alpha value is -3.83. The smallest absolute Gasteiger partial charge is 0.224 e. The van der Waals surface area contributed by atoms with Gasteiger partial charge in [0.05, 0.1) is 17.1 Å². The van der Waals surface area contributed by atoms with Gasteiger partial charge >= 0.3 is 0 Å². The third kappa shape index (κ3) is 5.47. The van der Waals surface area contributed by atoms with E-state index in [1.165, 1.54) is 16.5 Å². The molecule has 5 aromatic rings. The van der Waals surface area contributed by atoms with E-state index < -0.39 is 0 Å². The predicted molar refractivity (Wildman–Crippen MR) is 145 cm³/mol. The van der Waals surface area contributed by atoms with Gasteiger partial charge in [0.25, 0.3) is 0 Å². The molecule has 4 nitrogen and oxygen atoms in total. The monoisotopic (exact) mass is 477 g/mol. The molecule has 2 aromatic heterocycles. The molecule has 2 heterocycles. The molecule has 3 aromatic carbocycles. The van der Waals surface area contributed by atoms with Gasteiger partial charge in [-0.15, -0.1) is 0 Å². The number of hydrogen-bond donors (Lipinski definition) is 2. The minimum atomic E-state index is 0.0292. The largest absolute Gasteiger partial charge is 0.353 e. The highest BCUT2D eigenvalue weighted by Crippen LogP contribution is 2.34. The van der Waals surface area contributed by atoms with Gasteiger partial charge in [-0.25, -0.2) is 0 Å². The number of hydrogen-bond acceptors (Lipinski definition) is 3. The lowest BCUT2D eigenvalue weighted by molar-refractivity contribution is -0.116. The quantitative estimate of drug-likeness (QED) is 0.241. The van der Waals surface area contributed by atoms with Gasteiger partial charge in [-0.1, -0.05) is 59.8 Å². The number of nitrogens with one attached hydrogen (secondary N) is 2. The molecule has 0 radical (unpaired) electrons. The number of anilines is 1. The second-order valence-electron chi connectivity index (χ2n) is 8.56. The molecule has 2 N–H and O–H groups in total. The number of carbonyl (C=O) groups excluding carboxylic acids is 1. The fraction of sp³-hybridized carbons (Fsp3) is 0.133. The van der Waals surface area contributed by atoms with E-state index in [1.54, 1.807) is 11.8 Å². The molecular weight excluding hydrogens is 450 g/mol. The van der Waals surface area contributed by atoms with Crippen LogP contribution in [-0.4, -0.2) is 15.9 Å². The zero-order chi connectivity index (χ0) is 24.0. The first-order valence-corrected chi connectivity index (χ1v) is 12.6. The molecule has 0 fully saturated rings. The minimum absolute atomic E-state index is 0.0292. The summed E-state index contributed by atoms with van der Waals surface area (Å²) in [5.74, 6) is 0.0292. The van der Waals surface area contributed by atoms with Crippen LogP contribution in [0.25, 0.3) is 22.3 Å². The zero-order valence-corrected chi connectivity index (χ0v) is 20.4. The number of rotatable bonds is 8. The van der Waals surface area contributed by atoms with Crippen molar-refractivity contribution in [3.63, 3.8) is 0 Å². The van der Waals surface area contributed by atoms with Gasteiger partial charge in [-0.2, -0.15) is 0 Å². The first-order valence-electron chi connectivity index (χ1n) is 11.8. The number of fused-ring (bicyclic) bond motifs is 1. The molecule has 0 bridgehead atoms. The van der Waals surface area contributed by atoms with Crippen LogP contribution in [0, 0.1) is 6.92 Å². The molecule has 0 unspecified atom stereocenters. The average molecular weight is 478 g/mol. The van der Waals surface area contributed by atoms with Crippen molar-refractivity contribution >= 4 is 34.3 Å². The average Bonchev–Trinajstić information content (AvgIpc) is 3.24. The summed E-state index contributed by atoms with van der Waals surface area (Å²) in [6.45, 7) is 2.11. The van der Waals surface area contributed by atoms with Gasteiger partial charge in [0, 0.05) is 33.3 Å². The summed E-state index contributed by atoms with van der Waals surface area (Å²) in [6, 6.07) is 30.6. The van der Waals surface area contributed by atoms with Crippen LogP contribution in [0.15, 0.2) is 107 Å². The Bertz CT molecular complexity index is 1450. The number of carbonyl (C=O) groups is 1. The maximum Gasteiger partial charge on any atom is 0.224 e. The Morgan fingerprint density at radius 1 is 0.943 bits per heavy atom. The van der Waals surface area contributed by atoms with E-state index in [2.05, 4.69) is 52.5 Å². The molecule has 5 heteroatoms. The lowest BCUT2D eigenvalue weighted by Gasteiger charge is -2.11. The number of aromatic nitrogens is 2. The Labute approximate surface area is 209 Å². The van der Waals surface area contributed by atoms with Crippen molar-refractivity contribution in [2.45, 2.75) is 36.0 Å². The predicted octanol–water partition coefficient (Wildman–Crippen LogP) is 7.65. The van der Waals surface area contributed by atoms with Crippen molar-refractivity contribution < 1.29 is 4.79 Å². The van der Waals surface area contributed by atoms with Crippen molar-refractivity contribution in [1.29, 1.82) is 0 Å². The second kappa shape index (κ2) is 10.6. The summed E-state index contributed by atoms with van der Waals surface area (Å²) in [6.07, 6.45) is 3.81. The number of aromatic amines is 1. The Morgan fingerprint density at radius 3 is 2.57 bits per heavy atom. The molecule has 35 heavy (non-hydrogen) atoms. The normalized spacial score (nSPS) is 11.0. The molecule has 0 aliphatic carbocycles. The third-order valence-electron chi connectivity index (χ3n) is 5.95. The summed E-state index contributed by atoms with van der Waals surface area (Å²) in [5.41, 5.74) is 6.35. The summed E-state index contributed by atoms with van der Waals surface area (Å²) in [7, 11) is 0. The Morgan fingerprint density at radius 2 is 1.74 bits per heavy atom. The van der Waals surface area contributed by atoms with Gasteiger partial charge in [-0.05, 0) is 73.9 Å². The fourth-order valence-corrected chi connectivity index (χ4v) is 5.19. The number of para-hydroxylation sites is 1. The van der Waals surface area contributed by atoms with Crippen molar-refractivity contribution in [2.75, 3.05) is 5.32 Å². The number of pyridine rings is 1. The van der Waals surface area contributed by atoms with E-state index in [9.17, 15) is 4.79 Å². The lowest BCUT2D eigenvalue weighted by atomic mass is 10.0. The molecule has 0 spiro atoms. The molecule has 0 atom stereocenters. The third-order valence-corrected chi connectivity index (χ3v) is 7.03. The maximum atomic E-state index is 12.9. The maximum absolute atomic E-state index is 12.9. The van der Waals surface area contributed by atoms with Gasteiger partial charge < -0.3 is 10.3 Å². The molecule has 1 amide bonds. The number of nitrogens with zero attached hydrogens (tertiary/aromatic N) is 1. The Balaban J connectivity index is 1.29. The first-order chi connectivity index (χ1) is 17.2. The zero-order valence-electron chi connectivity index (χ0n) is 19.6. The van der Waals surface area contributed by atoms with E-state index in [0.29, 0.717) is 6.42 Å². The number of H-pyrrole nitrogens is 1. The summed E-state index contributed by atoms with van der Waals surface area (Å²) >= 11 is 1.65. The van der Waals surface area contributed by atoms with Crippen LogP contribution in [0.1, 0.15) is 24.0 Å². The van der Waals surface area contributed by atoms with Crippen LogP contribution in [0.2, 0.25) is 0 Å². The van der Waals surface area contributed by atoms with Crippen LogP contribution in [0.4, 0.5) is 5.69 Å². The molecule has 174 valence electrons.